The van der Waals surface area contributed by atoms with E-state index in [9.17, 15) is 0 Å². The maximum absolute atomic E-state index is 4.57. The van der Waals surface area contributed by atoms with Crippen LogP contribution in [-0.4, -0.2) is 6.21 Å². The molecule has 0 aromatic heterocycles. The van der Waals surface area contributed by atoms with E-state index >= 15 is 0 Å². The maximum Gasteiger partial charge on any atom is 0.0630 e. The van der Waals surface area contributed by atoms with Crippen molar-refractivity contribution in [3.63, 3.8) is 0 Å². The van der Waals surface area contributed by atoms with Gasteiger partial charge in [0.15, 0.2) is 0 Å². The lowest BCUT2D eigenvalue weighted by molar-refractivity contribution is 1.28. The van der Waals surface area contributed by atoms with Gasteiger partial charge in [-0.05, 0) is 61.0 Å². The summed E-state index contributed by atoms with van der Waals surface area (Å²) in [7, 11) is 0. The van der Waals surface area contributed by atoms with Gasteiger partial charge in [0, 0.05) is 23.3 Å². The van der Waals surface area contributed by atoms with Crippen molar-refractivity contribution in [1.29, 1.82) is 0 Å². The Bertz CT molecular complexity index is 996. The second kappa shape index (κ2) is 8.36. The molecule has 0 aliphatic rings. The van der Waals surface area contributed by atoms with E-state index in [0.717, 1.165) is 28.3 Å². The summed E-state index contributed by atoms with van der Waals surface area (Å²) in [5, 5.41) is 0. The molecule has 0 bridgehead atoms. The quantitative estimate of drug-likeness (QED) is 0.342. The Morgan fingerprint density at radius 2 is 1.07 bits per heavy atom. The first-order chi connectivity index (χ1) is 13.8. The fourth-order valence-corrected chi connectivity index (χ4v) is 3.09. The van der Waals surface area contributed by atoms with Crippen molar-refractivity contribution >= 4 is 29.0 Å². The summed E-state index contributed by atoms with van der Waals surface area (Å²) in [6.45, 7) is 2.08. The lowest BCUT2D eigenvalue weighted by atomic mass is 10.1. The van der Waals surface area contributed by atoms with Crippen LogP contribution >= 0.6 is 0 Å². The first kappa shape index (κ1) is 17.7. The fourth-order valence-electron chi connectivity index (χ4n) is 3.09. The summed E-state index contributed by atoms with van der Waals surface area (Å²) in [5.41, 5.74) is 6.66. The van der Waals surface area contributed by atoms with E-state index in [1.165, 1.54) is 5.56 Å². The van der Waals surface area contributed by atoms with Gasteiger partial charge in [-0.2, -0.15) is 0 Å². The lowest BCUT2D eigenvalue weighted by Gasteiger charge is -2.25. The van der Waals surface area contributed by atoms with E-state index in [1.807, 2.05) is 30.5 Å². The van der Waals surface area contributed by atoms with E-state index in [2.05, 4.69) is 102 Å². The van der Waals surface area contributed by atoms with Crippen LogP contribution in [0.3, 0.4) is 0 Å². The standard InChI is InChI=1S/C26H22N2/c1-21-12-16-23(17-13-21)27-20-22-14-18-26(19-15-22)28(24-8-4-2-5-9-24)25-10-6-3-7-11-25/h2-20H,1H3. The van der Waals surface area contributed by atoms with Crippen molar-refractivity contribution in [2.45, 2.75) is 6.92 Å². The Morgan fingerprint density at radius 1 is 0.571 bits per heavy atom. The summed E-state index contributed by atoms with van der Waals surface area (Å²) < 4.78 is 0. The highest BCUT2D eigenvalue weighted by molar-refractivity contribution is 5.84. The zero-order chi connectivity index (χ0) is 19.2. The van der Waals surface area contributed by atoms with E-state index in [1.54, 1.807) is 0 Å². The molecule has 4 rings (SSSR count). The molecule has 4 aromatic carbocycles. The molecule has 0 spiro atoms. The van der Waals surface area contributed by atoms with Crippen LogP contribution in [-0.2, 0) is 0 Å². The van der Waals surface area contributed by atoms with Crippen molar-refractivity contribution in [2.75, 3.05) is 4.90 Å². The number of nitrogens with zero attached hydrogens (tertiary/aromatic N) is 2. The Morgan fingerprint density at radius 3 is 1.61 bits per heavy atom. The maximum atomic E-state index is 4.57. The van der Waals surface area contributed by atoms with E-state index in [4.69, 9.17) is 0 Å². The fraction of sp³-hybridized carbons (Fsp3) is 0.0385. The van der Waals surface area contributed by atoms with Crippen molar-refractivity contribution in [3.8, 4) is 0 Å². The molecule has 0 atom stereocenters. The predicted octanol–water partition coefficient (Wildman–Crippen LogP) is 7.22. The zero-order valence-corrected chi connectivity index (χ0v) is 15.9. The molecule has 28 heavy (non-hydrogen) atoms. The predicted molar refractivity (Wildman–Crippen MR) is 120 cm³/mol. The zero-order valence-electron chi connectivity index (χ0n) is 15.9. The molecule has 0 saturated heterocycles. The first-order valence-electron chi connectivity index (χ1n) is 9.41. The molecule has 2 nitrogen and oxygen atoms in total. The van der Waals surface area contributed by atoms with Crippen molar-refractivity contribution < 1.29 is 0 Å². The molecule has 136 valence electrons. The summed E-state index contributed by atoms with van der Waals surface area (Å²) in [5.74, 6) is 0. The molecule has 0 N–H and O–H groups in total. The average molecular weight is 362 g/mol. The molecule has 0 aliphatic carbocycles. The molecule has 0 unspecified atom stereocenters. The third-order valence-corrected chi connectivity index (χ3v) is 4.58. The van der Waals surface area contributed by atoms with E-state index < -0.39 is 0 Å². The van der Waals surface area contributed by atoms with Crippen LogP contribution < -0.4 is 4.90 Å². The first-order valence-corrected chi connectivity index (χ1v) is 9.41. The van der Waals surface area contributed by atoms with Crippen molar-refractivity contribution in [2.24, 2.45) is 4.99 Å². The SMILES string of the molecule is Cc1ccc(N=Cc2ccc(N(c3ccccc3)c3ccccc3)cc2)cc1. The Hall–Kier alpha value is -3.65. The monoisotopic (exact) mass is 362 g/mol. The van der Waals surface area contributed by atoms with Crippen molar-refractivity contribution in [3.05, 3.63) is 120 Å². The smallest absolute Gasteiger partial charge is 0.0630 e. The van der Waals surface area contributed by atoms with Gasteiger partial charge in [0.2, 0.25) is 0 Å². The van der Waals surface area contributed by atoms with Crippen LogP contribution in [0, 0.1) is 6.92 Å². The van der Waals surface area contributed by atoms with Crippen LogP contribution in [0.25, 0.3) is 0 Å². The van der Waals surface area contributed by atoms with Crippen LogP contribution in [0.1, 0.15) is 11.1 Å². The molecular weight excluding hydrogens is 340 g/mol. The van der Waals surface area contributed by atoms with Crippen LogP contribution in [0.4, 0.5) is 22.7 Å². The minimum Gasteiger partial charge on any atom is -0.311 e. The molecule has 0 saturated carbocycles. The lowest BCUT2D eigenvalue weighted by Crippen LogP contribution is -2.09. The van der Waals surface area contributed by atoms with Crippen LogP contribution in [0.15, 0.2) is 114 Å². The van der Waals surface area contributed by atoms with Crippen LogP contribution in [0.2, 0.25) is 0 Å². The number of benzene rings is 4. The van der Waals surface area contributed by atoms with E-state index in [0.29, 0.717) is 0 Å². The molecule has 0 fully saturated rings. The number of rotatable bonds is 5. The highest BCUT2D eigenvalue weighted by atomic mass is 15.1. The molecule has 2 heteroatoms. The number of anilines is 3. The van der Waals surface area contributed by atoms with Gasteiger partial charge in [-0.3, -0.25) is 4.99 Å². The Kier molecular flexibility index (Phi) is 5.30. The topological polar surface area (TPSA) is 15.6 Å². The highest BCUT2D eigenvalue weighted by Gasteiger charge is 2.11. The van der Waals surface area contributed by atoms with Gasteiger partial charge in [0.05, 0.1) is 5.69 Å². The second-order valence-electron chi connectivity index (χ2n) is 6.69. The van der Waals surface area contributed by atoms with Gasteiger partial charge >= 0.3 is 0 Å². The van der Waals surface area contributed by atoms with Gasteiger partial charge in [0.1, 0.15) is 0 Å². The molecule has 0 radical (unpaired) electrons. The minimum absolute atomic E-state index is 0.963. The summed E-state index contributed by atoms with van der Waals surface area (Å²) >= 11 is 0. The minimum atomic E-state index is 0.963. The largest absolute Gasteiger partial charge is 0.311 e. The molecule has 0 aliphatic heterocycles. The number of aryl methyl sites for hydroxylation is 1. The second-order valence-corrected chi connectivity index (χ2v) is 6.69. The van der Waals surface area contributed by atoms with Gasteiger partial charge < -0.3 is 4.90 Å². The highest BCUT2D eigenvalue weighted by Crippen LogP contribution is 2.33. The van der Waals surface area contributed by atoms with E-state index in [-0.39, 0.29) is 0 Å². The Labute approximate surface area is 166 Å². The summed E-state index contributed by atoms with van der Waals surface area (Å²) in [6, 6.07) is 37.5. The molecule has 0 heterocycles. The van der Waals surface area contributed by atoms with Gasteiger partial charge in [0.25, 0.3) is 0 Å². The molecule has 4 aromatic rings. The van der Waals surface area contributed by atoms with Crippen molar-refractivity contribution in [1.82, 2.24) is 0 Å². The summed E-state index contributed by atoms with van der Waals surface area (Å²) in [6.07, 6.45) is 1.91. The van der Waals surface area contributed by atoms with Crippen LogP contribution in [0.5, 0.6) is 0 Å². The average Bonchev–Trinajstić information content (AvgIpc) is 2.76. The molecular formula is C26H22N2. The molecule has 0 amide bonds. The number of para-hydroxylation sites is 2. The number of hydrogen-bond acceptors (Lipinski definition) is 2. The van der Waals surface area contributed by atoms with Gasteiger partial charge in [-0.25, -0.2) is 0 Å². The normalized spacial score (nSPS) is 10.9. The van der Waals surface area contributed by atoms with Gasteiger partial charge in [-0.15, -0.1) is 0 Å². The number of aliphatic imine (C=N–C) groups is 1. The Balaban J connectivity index is 1.62. The summed E-state index contributed by atoms with van der Waals surface area (Å²) in [4.78, 5) is 6.82. The number of hydrogen-bond donors (Lipinski definition) is 0. The third kappa shape index (κ3) is 4.18. The van der Waals surface area contributed by atoms with Gasteiger partial charge in [-0.1, -0.05) is 66.2 Å². The third-order valence-electron chi connectivity index (χ3n) is 4.58.